The smallest absolute Gasteiger partial charge is 0.251 e. The Labute approximate surface area is 191 Å². The van der Waals surface area contributed by atoms with E-state index >= 15 is 0 Å². The Morgan fingerprint density at radius 2 is 1.94 bits per heavy atom. The second-order valence-electron chi connectivity index (χ2n) is 7.53. The van der Waals surface area contributed by atoms with Crippen molar-refractivity contribution in [3.63, 3.8) is 0 Å². The number of hydrogen-bond donors (Lipinski definition) is 2. The number of fused-ring (bicyclic) bond motifs is 1. The molecule has 3 rings (SSSR count). The molecule has 2 N–H and O–H groups in total. The van der Waals surface area contributed by atoms with E-state index in [9.17, 15) is 22.8 Å². The zero-order chi connectivity index (χ0) is 23.3. The fourth-order valence-corrected chi connectivity index (χ4v) is 5.10. The lowest BCUT2D eigenvalue weighted by Crippen LogP contribution is -2.40. The molecule has 32 heavy (non-hydrogen) atoms. The Balaban J connectivity index is 1.42. The van der Waals surface area contributed by atoms with Gasteiger partial charge in [0.2, 0.25) is 21.8 Å². The summed E-state index contributed by atoms with van der Waals surface area (Å²) in [5.41, 5.74) is 1.32. The Kier molecular flexibility index (Phi) is 7.64. The molecule has 1 aliphatic heterocycles. The van der Waals surface area contributed by atoms with Gasteiger partial charge in [0.05, 0.1) is 11.4 Å². The first kappa shape index (κ1) is 23.9. The predicted octanol–water partition coefficient (Wildman–Crippen LogP) is 0.819. The minimum atomic E-state index is -3.67. The third-order valence-electron chi connectivity index (χ3n) is 5.11. The lowest BCUT2D eigenvalue weighted by Gasteiger charge is -2.27. The fourth-order valence-electron chi connectivity index (χ4n) is 3.26. The molecule has 1 aliphatic rings. The van der Waals surface area contributed by atoms with E-state index < -0.39 is 21.8 Å². The van der Waals surface area contributed by atoms with Crippen molar-refractivity contribution in [1.82, 2.24) is 19.8 Å². The summed E-state index contributed by atoms with van der Waals surface area (Å²) in [4.78, 5) is 39.8. The predicted molar refractivity (Wildman–Crippen MR) is 121 cm³/mol. The Hall–Kier alpha value is -2.76. The van der Waals surface area contributed by atoms with Gasteiger partial charge >= 0.3 is 0 Å². The number of sulfonamides is 1. The van der Waals surface area contributed by atoms with Crippen molar-refractivity contribution in [2.24, 2.45) is 0 Å². The molecular formula is C21H26N4O5S2. The normalized spacial score (nSPS) is 13.5. The van der Waals surface area contributed by atoms with Crippen LogP contribution in [0, 0.1) is 0 Å². The number of benzene rings is 1. The van der Waals surface area contributed by atoms with Crippen molar-refractivity contribution in [2.45, 2.75) is 24.3 Å². The standard InChI is InChI=1S/C21H26N4O5S2/c1-24(2)32(29,30)17-5-3-4-15(12-17)21(28)23-13-19(26)22-9-6-20(27)25-10-7-18-16(14-25)8-11-31-18/h3-5,8,11-12H,6-7,9-10,13-14H2,1-2H3,(H,22,26)(H,23,28). The van der Waals surface area contributed by atoms with Gasteiger partial charge < -0.3 is 15.5 Å². The summed E-state index contributed by atoms with van der Waals surface area (Å²) in [6.45, 7) is 1.18. The highest BCUT2D eigenvalue weighted by Gasteiger charge is 2.21. The SMILES string of the molecule is CN(C)S(=O)(=O)c1cccc(C(=O)NCC(=O)NCCC(=O)N2CCc3sccc3C2)c1. The van der Waals surface area contributed by atoms with Crippen molar-refractivity contribution >= 4 is 39.1 Å². The molecule has 0 saturated carbocycles. The van der Waals surface area contributed by atoms with Crippen LogP contribution in [0.5, 0.6) is 0 Å². The lowest BCUT2D eigenvalue weighted by molar-refractivity contribution is -0.132. The number of carbonyl (C=O) groups is 3. The molecule has 172 valence electrons. The molecule has 0 radical (unpaired) electrons. The highest BCUT2D eigenvalue weighted by atomic mass is 32.2. The Morgan fingerprint density at radius 3 is 2.69 bits per heavy atom. The summed E-state index contributed by atoms with van der Waals surface area (Å²) >= 11 is 1.71. The number of amides is 3. The summed E-state index contributed by atoms with van der Waals surface area (Å²) < 4.78 is 25.5. The number of nitrogens with zero attached hydrogens (tertiary/aromatic N) is 2. The van der Waals surface area contributed by atoms with Crippen LogP contribution in [0.1, 0.15) is 27.2 Å². The average molecular weight is 479 g/mol. The van der Waals surface area contributed by atoms with Crippen LogP contribution in [0.15, 0.2) is 40.6 Å². The topological polar surface area (TPSA) is 116 Å². The van der Waals surface area contributed by atoms with Crippen molar-refractivity contribution < 1.29 is 22.8 Å². The van der Waals surface area contributed by atoms with Crippen molar-refractivity contribution in [3.05, 3.63) is 51.7 Å². The van der Waals surface area contributed by atoms with Crippen LogP contribution in [0.4, 0.5) is 0 Å². The van der Waals surface area contributed by atoms with Crippen molar-refractivity contribution in [2.75, 3.05) is 33.7 Å². The molecule has 0 saturated heterocycles. The maximum Gasteiger partial charge on any atom is 0.251 e. The zero-order valence-corrected chi connectivity index (χ0v) is 19.6. The summed E-state index contributed by atoms with van der Waals surface area (Å²) in [5.74, 6) is -1.01. The van der Waals surface area contributed by atoms with E-state index in [1.54, 1.807) is 16.2 Å². The molecule has 9 nitrogen and oxygen atoms in total. The zero-order valence-electron chi connectivity index (χ0n) is 18.0. The second-order valence-corrected chi connectivity index (χ2v) is 10.7. The molecule has 1 aromatic carbocycles. The number of nitrogens with one attached hydrogen (secondary N) is 2. The first-order valence-electron chi connectivity index (χ1n) is 10.1. The molecule has 0 unspecified atom stereocenters. The summed E-state index contributed by atoms with van der Waals surface area (Å²) in [5, 5.41) is 7.12. The van der Waals surface area contributed by atoms with E-state index in [0.717, 1.165) is 10.7 Å². The van der Waals surface area contributed by atoms with Gasteiger partial charge in [-0.25, -0.2) is 12.7 Å². The molecule has 0 aliphatic carbocycles. The number of carbonyl (C=O) groups excluding carboxylic acids is 3. The second kappa shape index (κ2) is 10.2. The quantitative estimate of drug-likeness (QED) is 0.583. The van der Waals surface area contributed by atoms with Crippen LogP contribution >= 0.6 is 11.3 Å². The molecule has 11 heteroatoms. The summed E-state index contributed by atoms with van der Waals surface area (Å²) in [6, 6.07) is 7.64. The van der Waals surface area contributed by atoms with Crippen molar-refractivity contribution in [1.29, 1.82) is 0 Å². The first-order chi connectivity index (χ1) is 15.2. The number of hydrogen-bond acceptors (Lipinski definition) is 6. The maximum atomic E-state index is 12.4. The molecule has 0 bridgehead atoms. The maximum absolute atomic E-state index is 12.4. The Bertz CT molecular complexity index is 1110. The molecular weight excluding hydrogens is 452 g/mol. The molecule has 0 fully saturated rings. The molecule has 2 heterocycles. The van der Waals surface area contributed by atoms with Crippen LogP contribution in [0.3, 0.4) is 0 Å². The van der Waals surface area contributed by atoms with Gasteiger partial charge in [-0.2, -0.15) is 0 Å². The highest BCUT2D eigenvalue weighted by Crippen LogP contribution is 2.24. The average Bonchev–Trinajstić information content (AvgIpc) is 3.25. The first-order valence-corrected chi connectivity index (χ1v) is 12.4. The highest BCUT2D eigenvalue weighted by molar-refractivity contribution is 7.89. The molecule has 1 aromatic heterocycles. The van der Waals surface area contributed by atoms with Gasteiger partial charge in [0, 0.05) is 50.6 Å². The van der Waals surface area contributed by atoms with E-state index in [4.69, 9.17) is 0 Å². The van der Waals surface area contributed by atoms with Crippen LogP contribution in [-0.2, 0) is 32.6 Å². The van der Waals surface area contributed by atoms with Crippen LogP contribution in [0.25, 0.3) is 0 Å². The van der Waals surface area contributed by atoms with Gasteiger partial charge in [-0.15, -0.1) is 11.3 Å². The van der Waals surface area contributed by atoms with Gasteiger partial charge in [-0.1, -0.05) is 6.07 Å². The van der Waals surface area contributed by atoms with Crippen LogP contribution in [0.2, 0.25) is 0 Å². The van der Waals surface area contributed by atoms with E-state index in [1.165, 1.54) is 48.8 Å². The van der Waals surface area contributed by atoms with Gasteiger partial charge in [0.15, 0.2) is 0 Å². The minimum Gasteiger partial charge on any atom is -0.354 e. The van der Waals surface area contributed by atoms with Gasteiger partial charge in [-0.05, 0) is 41.6 Å². The third kappa shape index (κ3) is 5.72. The summed E-state index contributed by atoms with van der Waals surface area (Å²) in [6.07, 6.45) is 1.04. The number of rotatable bonds is 8. The fraction of sp³-hybridized carbons (Fsp3) is 0.381. The van der Waals surface area contributed by atoms with Gasteiger partial charge in [0.1, 0.15) is 0 Å². The van der Waals surface area contributed by atoms with Gasteiger partial charge in [-0.3, -0.25) is 14.4 Å². The molecule has 2 aromatic rings. The third-order valence-corrected chi connectivity index (χ3v) is 7.94. The monoisotopic (exact) mass is 478 g/mol. The lowest BCUT2D eigenvalue weighted by atomic mass is 10.1. The van der Waals surface area contributed by atoms with E-state index in [0.29, 0.717) is 13.1 Å². The minimum absolute atomic E-state index is 0.00889. The molecule has 3 amide bonds. The van der Waals surface area contributed by atoms with Crippen molar-refractivity contribution in [3.8, 4) is 0 Å². The molecule has 0 atom stereocenters. The van der Waals surface area contributed by atoms with Crippen LogP contribution in [-0.4, -0.2) is 69.1 Å². The van der Waals surface area contributed by atoms with E-state index in [2.05, 4.69) is 10.6 Å². The largest absolute Gasteiger partial charge is 0.354 e. The summed E-state index contributed by atoms with van der Waals surface area (Å²) in [7, 11) is -0.859. The van der Waals surface area contributed by atoms with Crippen LogP contribution < -0.4 is 10.6 Å². The van der Waals surface area contributed by atoms with Gasteiger partial charge in [0.25, 0.3) is 5.91 Å². The van der Waals surface area contributed by atoms with E-state index in [-0.39, 0.29) is 35.9 Å². The number of thiophene rings is 1. The molecule has 0 spiro atoms. The van der Waals surface area contributed by atoms with E-state index in [1.807, 2.05) is 11.4 Å². The Morgan fingerprint density at radius 1 is 1.16 bits per heavy atom.